The van der Waals surface area contributed by atoms with Crippen LogP contribution in [0.15, 0.2) is 12.4 Å². The number of aryl methyl sites for hydroxylation is 1. The molecule has 0 aromatic carbocycles. The average molecular weight is 488 g/mol. The van der Waals surface area contributed by atoms with E-state index in [1.807, 2.05) is 12.4 Å². The van der Waals surface area contributed by atoms with E-state index < -0.39 is 9.84 Å². The minimum Gasteiger partial charge on any atom is -0.374 e. The van der Waals surface area contributed by atoms with Crippen LogP contribution < -0.4 is 0 Å². The van der Waals surface area contributed by atoms with Gasteiger partial charge in [0.05, 0.1) is 29.4 Å². The van der Waals surface area contributed by atoms with Gasteiger partial charge in [0, 0.05) is 54.7 Å². The number of halogens is 1. The van der Waals surface area contributed by atoms with Crippen molar-refractivity contribution in [2.45, 2.75) is 57.5 Å². The molecule has 0 bridgehead atoms. The van der Waals surface area contributed by atoms with E-state index in [2.05, 4.69) is 23.8 Å². The molecule has 10 heteroatoms. The van der Waals surface area contributed by atoms with Gasteiger partial charge in [0.25, 0.3) is 0 Å². The second-order valence-electron chi connectivity index (χ2n) is 8.79. The molecule has 0 aliphatic carbocycles. The molecule has 1 saturated heterocycles. The summed E-state index contributed by atoms with van der Waals surface area (Å²) in [5, 5.41) is 4.33. The Morgan fingerprint density at radius 3 is 2.90 bits per heavy atom. The van der Waals surface area contributed by atoms with Gasteiger partial charge in [-0.3, -0.25) is 9.58 Å². The van der Waals surface area contributed by atoms with Crippen LogP contribution in [0.3, 0.4) is 0 Å². The number of aromatic nitrogens is 2. The molecule has 0 saturated carbocycles. The molecule has 31 heavy (non-hydrogen) atoms. The van der Waals surface area contributed by atoms with Crippen molar-refractivity contribution in [2.75, 3.05) is 32.3 Å². The maximum atomic E-state index is 11.4. The largest absolute Gasteiger partial charge is 0.374 e. The maximum absolute atomic E-state index is 11.4. The normalized spacial score (nSPS) is 27.0. The fourth-order valence-electron chi connectivity index (χ4n) is 4.72. The summed E-state index contributed by atoms with van der Waals surface area (Å²) in [6, 6.07) is 0.321. The molecule has 2 aromatic rings. The van der Waals surface area contributed by atoms with Crippen molar-refractivity contribution in [2.24, 2.45) is 0 Å². The van der Waals surface area contributed by atoms with Gasteiger partial charge in [-0.1, -0.05) is 11.6 Å². The fraction of sp³-hybridized carbons (Fsp3) is 0.667. The SMILES string of the molecule is COC1CO[C@@]2(CCN(Cc3cnn(CCS(C)(=O)=O)c3)[C@@H](C)C2)c2sc(Cl)c(C)c21. The van der Waals surface area contributed by atoms with Crippen LogP contribution in [0.2, 0.25) is 4.34 Å². The molecule has 7 nitrogen and oxygen atoms in total. The predicted octanol–water partition coefficient (Wildman–Crippen LogP) is 3.55. The molecular formula is C21H30ClN3O4S2. The Hall–Kier alpha value is -0.970. The lowest BCUT2D eigenvalue weighted by Crippen LogP contribution is -2.50. The summed E-state index contributed by atoms with van der Waals surface area (Å²) in [6.45, 7) is 6.94. The van der Waals surface area contributed by atoms with Crippen molar-refractivity contribution in [3.05, 3.63) is 38.3 Å². The van der Waals surface area contributed by atoms with Gasteiger partial charge in [0.1, 0.15) is 21.5 Å². The Morgan fingerprint density at radius 1 is 1.45 bits per heavy atom. The second kappa shape index (κ2) is 8.76. The van der Waals surface area contributed by atoms with Crippen LogP contribution in [0.5, 0.6) is 0 Å². The first kappa shape index (κ1) is 23.2. The smallest absolute Gasteiger partial charge is 0.149 e. The molecule has 2 aromatic heterocycles. The van der Waals surface area contributed by atoms with E-state index in [-0.39, 0.29) is 17.5 Å². The molecule has 1 fully saturated rings. The highest BCUT2D eigenvalue weighted by Gasteiger charge is 2.48. The van der Waals surface area contributed by atoms with Crippen molar-refractivity contribution in [3.63, 3.8) is 0 Å². The minimum absolute atomic E-state index is 0.0597. The first-order valence-electron chi connectivity index (χ1n) is 10.5. The van der Waals surface area contributed by atoms with E-state index in [4.69, 9.17) is 21.1 Å². The summed E-state index contributed by atoms with van der Waals surface area (Å²) in [5.41, 5.74) is 3.13. The first-order valence-corrected chi connectivity index (χ1v) is 13.8. The number of thiophene rings is 1. The molecule has 3 atom stereocenters. The Balaban J connectivity index is 1.46. The maximum Gasteiger partial charge on any atom is 0.149 e. The van der Waals surface area contributed by atoms with Crippen LogP contribution in [-0.4, -0.2) is 61.4 Å². The fourth-order valence-corrected chi connectivity index (χ4v) is 6.84. The molecule has 2 aliphatic rings. The number of methoxy groups -OCH3 is 1. The summed E-state index contributed by atoms with van der Waals surface area (Å²) >= 11 is 8.16. The van der Waals surface area contributed by atoms with E-state index in [0.29, 0.717) is 19.2 Å². The summed E-state index contributed by atoms with van der Waals surface area (Å²) in [4.78, 5) is 3.67. The lowest BCUT2D eigenvalue weighted by molar-refractivity contribution is -0.144. The lowest BCUT2D eigenvalue weighted by atomic mass is 9.80. The van der Waals surface area contributed by atoms with Gasteiger partial charge in [-0.25, -0.2) is 8.42 Å². The molecule has 4 rings (SSSR count). The monoisotopic (exact) mass is 487 g/mol. The zero-order valence-corrected chi connectivity index (χ0v) is 20.8. The van der Waals surface area contributed by atoms with Crippen LogP contribution in [0.1, 0.15) is 47.4 Å². The lowest BCUT2D eigenvalue weighted by Gasteiger charge is -2.48. The third-order valence-electron chi connectivity index (χ3n) is 6.48. The van der Waals surface area contributed by atoms with Gasteiger partial charge in [-0.2, -0.15) is 5.10 Å². The summed E-state index contributed by atoms with van der Waals surface area (Å²) in [7, 11) is -1.27. The van der Waals surface area contributed by atoms with E-state index in [9.17, 15) is 8.42 Å². The third-order valence-corrected chi connectivity index (χ3v) is 9.20. The Morgan fingerprint density at radius 2 is 2.23 bits per heavy atom. The van der Waals surface area contributed by atoms with Gasteiger partial charge in [-0.15, -0.1) is 11.3 Å². The molecule has 1 spiro atoms. The van der Waals surface area contributed by atoms with Gasteiger partial charge in [0.2, 0.25) is 0 Å². The van der Waals surface area contributed by atoms with E-state index in [0.717, 1.165) is 41.4 Å². The van der Waals surface area contributed by atoms with Crippen LogP contribution in [0, 0.1) is 6.92 Å². The highest BCUT2D eigenvalue weighted by molar-refractivity contribution is 7.90. The van der Waals surface area contributed by atoms with Crippen molar-refractivity contribution in [1.82, 2.24) is 14.7 Å². The number of rotatable bonds is 6. The summed E-state index contributed by atoms with van der Waals surface area (Å²) < 4.78 is 37.5. The van der Waals surface area contributed by atoms with Crippen LogP contribution >= 0.6 is 22.9 Å². The van der Waals surface area contributed by atoms with Crippen molar-refractivity contribution < 1.29 is 17.9 Å². The van der Waals surface area contributed by atoms with E-state index in [1.165, 1.54) is 16.7 Å². The van der Waals surface area contributed by atoms with Crippen LogP contribution in [0.4, 0.5) is 0 Å². The molecule has 172 valence electrons. The van der Waals surface area contributed by atoms with Crippen molar-refractivity contribution in [3.8, 4) is 0 Å². The molecule has 0 radical (unpaired) electrons. The minimum atomic E-state index is -3.00. The Bertz CT molecular complexity index is 1050. The van der Waals surface area contributed by atoms with Gasteiger partial charge >= 0.3 is 0 Å². The van der Waals surface area contributed by atoms with Gasteiger partial charge in [0.15, 0.2) is 0 Å². The zero-order valence-electron chi connectivity index (χ0n) is 18.4. The standard InChI is InChI=1S/C21H30ClN3O4S2/c1-14-9-21(19-18(15(2)20(22)30-19)17(28-3)13-29-21)5-6-24(14)11-16-10-23-25(12-16)7-8-31(4,26)27/h10,12,14,17H,5-9,11,13H2,1-4H3/t14-,17?,21+/m0/s1. The number of hydrogen-bond acceptors (Lipinski definition) is 7. The van der Waals surface area contributed by atoms with Crippen molar-refractivity contribution >= 4 is 32.8 Å². The zero-order chi connectivity index (χ0) is 22.4. The third kappa shape index (κ3) is 4.72. The summed E-state index contributed by atoms with van der Waals surface area (Å²) in [5.74, 6) is 0.0989. The number of fused-ring (bicyclic) bond motifs is 2. The van der Waals surface area contributed by atoms with Crippen LogP contribution in [-0.2, 0) is 38.0 Å². The molecule has 0 N–H and O–H groups in total. The summed E-state index contributed by atoms with van der Waals surface area (Å²) in [6.07, 6.45) is 6.77. The Kier molecular flexibility index (Phi) is 6.55. The number of ether oxygens (including phenoxy) is 2. The number of piperidine rings is 1. The topological polar surface area (TPSA) is 73.7 Å². The number of sulfone groups is 1. The number of hydrogen-bond donors (Lipinski definition) is 0. The molecule has 1 unspecified atom stereocenters. The molecule has 2 aliphatic heterocycles. The van der Waals surface area contributed by atoms with E-state index in [1.54, 1.807) is 23.1 Å². The number of likely N-dealkylation sites (tertiary alicyclic amines) is 1. The first-order chi connectivity index (χ1) is 14.6. The van der Waals surface area contributed by atoms with E-state index >= 15 is 0 Å². The highest BCUT2D eigenvalue weighted by atomic mass is 35.5. The Labute approximate surface area is 193 Å². The second-order valence-corrected chi connectivity index (χ2v) is 12.7. The predicted molar refractivity (Wildman–Crippen MR) is 122 cm³/mol. The van der Waals surface area contributed by atoms with Gasteiger partial charge in [-0.05, 0) is 32.3 Å². The quantitative estimate of drug-likeness (QED) is 0.620. The van der Waals surface area contributed by atoms with Crippen LogP contribution in [0.25, 0.3) is 0 Å². The highest BCUT2D eigenvalue weighted by Crippen LogP contribution is 2.52. The van der Waals surface area contributed by atoms with Crippen molar-refractivity contribution in [1.29, 1.82) is 0 Å². The molecule has 4 heterocycles. The number of nitrogens with zero attached hydrogens (tertiary/aromatic N) is 3. The van der Waals surface area contributed by atoms with Gasteiger partial charge < -0.3 is 9.47 Å². The molecule has 0 amide bonds. The average Bonchev–Trinajstić information content (AvgIpc) is 3.28. The molecular weight excluding hydrogens is 458 g/mol.